The van der Waals surface area contributed by atoms with Crippen LogP contribution in [0.1, 0.15) is 21.5 Å². The van der Waals surface area contributed by atoms with Gasteiger partial charge in [-0.3, -0.25) is 9.59 Å². The Hall–Kier alpha value is -3.14. The number of benzene rings is 3. The van der Waals surface area contributed by atoms with Crippen molar-refractivity contribution in [3.8, 4) is 5.75 Å². The van der Waals surface area contributed by atoms with E-state index in [1.165, 1.54) is 0 Å². The molecule has 0 bridgehead atoms. The van der Waals surface area contributed by atoms with Crippen molar-refractivity contribution >= 4 is 22.5 Å². The van der Waals surface area contributed by atoms with Gasteiger partial charge in [0, 0.05) is 11.1 Å². The maximum Gasteiger partial charge on any atom is 0.307 e. The topological polar surface area (TPSA) is 63.6 Å². The highest BCUT2D eigenvalue weighted by atomic mass is 16.5. The Balaban J connectivity index is 2.20. The van der Waals surface area contributed by atoms with Gasteiger partial charge in [0.1, 0.15) is 5.75 Å². The van der Waals surface area contributed by atoms with Crippen molar-refractivity contribution in [2.45, 2.75) is 6.42 Å². The summed E-state index contributed by atoms with van der Waals surface area (Å²) in [5, 5.41) is 10.6. The summed E-state index contributed by atoms with van der Waals surface area (Å²) in [6, 6.07) is 17.8. The van der Waals surface area contributed by atoms with E-state index in [9.17, 15) is 9.59 Å². The number of hydrogen-bond donors (Lipinski definition) is 1. The normalized spacial score (nSPS) is 10.5. The van der Waals surface area contributed by atoms with Crippen LogP contribution in [0.25, 0.3) is 10.8 Å². The van der Waals surface area contributed by atoms with Crippen LogP contribution in [0, 0.1) is 0 Å². The van der Waals surface area contributed by atoms with E-state index in [2.05, 4.69) is 0 Å². The highest BCUT2D eigenvalue weighted by molar-refractivity contribution is 6.16. The van der Waals surface area contributed by atoms with Crippen LogP contribution < -0.4 is 4.74 Å². The molecule has 0 heterocycles. The van der Waals surface area contributed by atoms with Gasteiger partial charge in [0.25, 0.3) is 0 Å². The van der Waals surface area contributed by atoms with Gasteiger partial charge in [-0.2, -0.15) is 0 Å². The summed E-state index contributed by atoms with van der Waals surface area (Å²) in [5.41, 5.74) is 1.65. The number of carbonyl (C=O) groups is 2. The predicted octanol–water partition coefficient (Wildman–Crippen LogP) is 3.71. The van der Waals surface area contributed by atoms with Crippen LogP contribution in [0.3, 0.4) is 0 Å². The maximum absolute atomic E-state index is 12.9. The zero-order valence-electron chi connectivity index (χ0n) is 13.2. The van der Waals surface area contributed by atoms with Crippen LogP contribution in [-0.2, 0) is 11.2 Å². The lowest BCUT2D eigenvalue weighted by Crippen LogP contribution is -2.06. The molecule has 120 valence electrons. The summed E-state index contributed by atoms with van der Waals surface area (Å²) in [7, 11) is 1.57. The van der Waals surface area contributed by atoms with E-state index < -0.39 is 5.97 Å². The highest BCUT2D eigenvalue weighted by Gasteiger charge is 2.15. The van der Waals surface area contributed by atoms with E-state index in [0.717, 1.165) is 10.8 Å². The van der Waals surface area contributed by atoms with E-state index in [-0.39, 0.29) is 12.2 Å². The first kappa shape index (κ1) is 15.7. The molecule has 0 atom stereocenters. The SMILES string of the molecule is COc1ccc2c(C(=O)c3ccccc3)cc(CC(=O)O)cc2c1. The smallest absolute Gasteiger partial charge is 0.307 e. The average Bonchev–Trinajstić information content (AvgIpc) is 2.60. The number of ether oxygens (including phenoxy) is 1. The van der Waals surface area contributed by atoms with Crippen LogP contribution in [0.5, 0.6) is 5.75 Å². The molecule has 0 aliphatic heterocycles. The lowest BCUT2D eigenvalue weighted by Gasteiger charge is -2.10. The van der Waals surface area contributed by atoms with Gasteiger partial charge < -0.3 is 9.84 Å². The van der Waals surface area contributed by atoms with Gasteiger partial charge in [0.05, 0.1) is 13.5 Å². The van der Waals surface area contributed by atoms with Crippen molar-refractivity contribution in [2.24, 2.45) is 0 Å². The van der Waals surface area contributed by atoms with Crippen LogP contribution in [0.15, 0.2) is 60.7 Å². The van der Waals surface area contributed by atoms with Gasteiger partial charge in [-0.05, 0) is 40.6 Å². The third-order valence-corrected chi connectivity index (χ3v) is 3.86. The summed E-state index contributed by atoms with van der Waals surface area (Å²) < 4.78 is 5.23. The third-order valence-electron chi connectivity index (χ3n) is 3.86. The van der Waals surface area contributed by atoms with Crippen molar-refractivity contribution in [3.63, 3.8) is 0 Å². The minimum absolute atomic E-state index is 0.127. The second-order valence-corrected chi connectivity index (χ2v) is 5.50. The van der Waals surface area contributed by atoms with Gasteiger partial charge >= 0.3 is 5.97 Å². The predicted molar refractivity (Wildman–Crippen MR) is 91.7 cm³/mol. The number of carboxylic acids is 1. The summed E-state index contributed by atoms with van der Waals surface area (Å²) in [6.07, 6.45) is -0.137. The summed E-state index contributed by atoms with van der Waals surface area (Å²) >= 11 is 0. The molecule has 0 spiro atoms. The minimum atomic E-state index is -0.935. The van der Waals surface area contributed by atoms with E-state index >= 15 is 0 Å². The molecule has 0 aliphatic carbocycles. The van der Waals surface area contributed by atoms with Gasteiger partial charge in [-0.25, -0.2) is 0 Å². The highest BCUT2D eigenvalue weighted by Crippen LogP contribution is 2.27. The molecule has 0 saturated carbocycles. The number of methoxy groups -OCH3 is 1. The van der Waals surface area contributed by atoms with Gasteiger partial charge in [0.2, 0.25) is 0 Å². The fraction of sp³-hybridized carbons (Fsp3) is 0.100. The van der Waals surface area contributed by atoms with Crippen molar-refractivity contribution in [2.75, 3.05) is 7.11 Å². The molecule has 0 saturated heterocycles. The molecular formula is C20H16O4. The molecule has 3 aromatic carbocycles. The standard InChI is InChI=1S/C20H16O4/c1-24-16-7-8-17-15(12-16)9-13(11-19(21)22)10-18(17)20(23)14-5-3-2-4-6-14/h2-10,12H,11H2,1H3,(H,21,22). The number of hydrogen-bond acceptors (Lipinski definition) is 3. The Morgan fingerprint density at radius 3 is 2.42 bits per heavy atom. The summed E-state index contributed by atoms with van der Waals surface area (Å²) in [6.45, 7) is 0. The average molecular weight is 320 g/mol. The van der Waals surface area contributed by atoms with Crippen molar-refractivity contribution < 1.29 is 19.4 Å². The number of ketones is 1. The van der Waals surface area contributed by atoms with E-state index in [1.807, 2.05) is 18.2 Å². The fourth-order valence-corrected chi connectivity index (χ4v) is 2.75. The molecule has 1 N–H and O–H groups in total. The van der Waals surface area contributed by atoms with Gasteiger partial charge in [-0.15, -0.1) is 0 Å². The second-order valence-electron chi connectivity index (χ2n) is 5.50. The van der Waals surface area contributed by atoms with Crippen LogP contribution in [0.2, 0.25) is 0 Å². The zero-order valence-corrected chi connectivity index (χ0v) is 13.2. The quantitative estimate of drug-likeness (QED) is 0.728. The van der Waals surface area contributed by atoms with Crippen molar-refractivity contribution in [3.05, 3.63) is 77.4 Å². The molecule has 0 aliphatic rings. The molecular weight excluding hydrogens is 304 g/mol. The van der Waals surface area contributed by atoms with Crippen molar-refractivity contribution in [1.29, 1.82) is 0 Å². The second kappa shape index (κ2) is 6.54. The van der Waals surface area contributed by atoms with Crippen molar-refractivity contribution in [1.82, 2.24) is 0 Å². The van der Waals surface area contributed by atoms with E-state index in [0.29, 0.717) is 22.4 Å². The molecule has 0 unspecified atom stereocenters. The lowest BCUT2D eigenvalue weighted by atomic mass is 9.94. The third kappa shape index (κ3) is 3.13. The monoisotopic (exact) mass is 320 g/mol. The Labute approximate surface area is 139 Å². The number of fused-ring (bicyclic) bond motifs is 1. The largest absolute Gasteiger partial charge is 0.497 e. The molecule has 24 heavy (non-hydrogen) atoms. The molecule has 3 rings (SSSR count). The fourth-order valence-electron chi connectivity index (χ4n) is 2.75. The van der Waals surface area contributed by atoms with Crippen LogP contribution in [0.4, 0.5) is 0 Å². The first-order valence-electron chi connectivity index (χ1n) is 7.50. The molecule has 0 amide bonds. The lowest BCUT2D eigenvalue weighted by molar-refractivity contribution is -0.136. The van der Waals surface area contributed by atoms with Crippen LogP contribution in [-0.4, -0.2) is 24.0 Å². The zero-order chi connectivity index (χ0) is 17.1. The summed E-state index contributed by atoms with van der Waals surface area (Å²) in [5.74, 6) is -0.401. The van der Waals surface area contributed by atoms with Gasteiger partial charge in [-0.1, -0.05) is 36.4 Å². The number of carbonyl (C=O) groups excluding carboxylic acids is 1. The van der Waals surface area contributed by atoms with Gasteiger partial charge in [0.15, 0.2) is 5.78 Å². The number of carboxylic acid groups (broad SMARTS) is 1. The molecule has 4 heteroatoms. The number of aliphatic carboxylic acids is 1. The van der Waals surface area contributed by atoms with E-state index in [1.54, 1.807) is 49.6 Å². The maximum atomic E-state index is 12.9. The molecule has 3 aromatic rings. The van der Waals surface area contributed by atoms with E-state index in [4.69, 9.17) is 9.84 Å². The first-order chi connectivity index (χ1) is 11.6. The Morgan fingerprint density at radius 2 is 1.75 bits per heavy atom. The molecule has 0 radical (unpaired) electrons. The molecule has 0 fully saturated rings. The molecule has 4 nitrogen and oxygen atoms in total. The number of rotatable bonds is 5. The summed E-state index contributed by atoms with van der Waals surface area (Å²) in [4.78, 5) is 23.9. The minimum Gasteiger partial charge on any atom is -0.497 e. The Kier molecular flexibility index (Phi) is 4.29. The molecule has 0 aromatic heterocycles. The van der Waals surface area contributed by atoms with Crippen LogP contribution >= 0.6 is 0 Å². The Morgan fingerprint density at radius 1 is 1.00 bits per heavy atom. The first-order valence-corrected chi connectivity index (χ1v) is 7.50. The Bertz CT molecular complexity index is 914.